The van der Waals surface area contributed by atoms with E-state index < -0.39 is 11.3 Å². The fourth-order valence-corrected chi connectivity index (χ4v) is 2.37. The Balaban J connectivity index is 2.64. The number of amides is 1. The van der Waals surface area contributed by atoms with Crippen LogP contribution in [-0.4, -0.2) is 10.9 Å². The summed E-state index contributed by atoms with van der Waals surface area (Å²) in [5.41, 5.74) is 5.86. The summed E-state index contributed by atoms with van der Waals surface area (Å²) in [6, 6.07) is 1.80. The number of pyridine rings is 1. The molecule has 1 aliphatic carbocycles. The van der Waals surface area contributed by atoms with Crippen LogP contribution in [0.2, 0.25) is 0 Å². The van der Waals surface area contributed by atoms with Crippen molar-refractivity contribution < 1.29 is 4.79 Å². The predicted octanol–water partition coefficient (Wildman–Crippen LogP) is 0.446. The summed E-state index contributed by atoms with van der Waals surface area (Å²) in [6.45, 7) is 3.77. The Bertz CT molecular complexity index is 478. The summed E-state index contributed by atoms with van der Waals surface area (Å²) in [5, 5.41) is 0. The summed E-state index contributed by atoms with van der Waals surface area (Å²) in [5.74, 6) is -0.230. The molecule has 1 heterocycles. The summed E-state index contributed by atoms with van der Waals surface area (Å²) in [7, 11) is 0. The van der Waals surface area contributed by atoms with Crippen LogP contribution >= 0.6 is 0 Å². The lowest BCUT2D eigenvalue weighted by Crippen LogP contribution is -2.36. The number of primary amides is 1. The van der Waals surface area contributed by atoms with Crippen molar-refractivity contribution in [3.8, 4) is 0 Å². The Kier molecular flexibility index (Phi) is 1.96. The maximum atomic E-state index is 11.7. The van der Waals surface area contributed by atoms with Gasteiger partial charge >= 0.3 is 0 Å². The number of rotatable bonds is 2. The largest absolute Gasteiger partial charge is 0.369 e. The van der Waals surface area contributed by atoms with E-state index in [0.717, 1.165) is 5.56 Å². The predicted molar refractivity (Wildman–Crippen MR) is 56.5 cm³/mol. The Morgan fingerprint density at radius 2 is 2.27 bits per heavy atom. The minimum atomic E-state index is -0.723. The molecule has 1 fully saturated rings. The number of H-pyrrole nitrogens is 1. The van der Waals surface area contributed by atoms with Crippen molar-refractivity contribution in [1.29, 1.82) is 0 Å². The highest BCUT2D eigenvalue weighted by atomic mass is 16.2. The summed E-state index contributed by atoms with van der Waals surface area (Å²) in [6.07, 6.45) is 2.26. The Morgan fingerprint density at radius 3 is 2.67 bits per heavy atom. The number of nitrogens with one attached hydrogen (secondary N) is 1. The number of carbonyl (C=O) groups is 1. The van der Waals surface area contributed by atoms with Crippen molar-refractivity contribution in [3.63, 3.8) is 0 Å². The quantitative estimate of drug-likeness (QED) is 0.737. The number of aryl methyl sites for hydroxylation is 1. The Hall–Kier alpha value is -1.58. The highest BCUT2D eigenvalue weighted by Gasteiger charge is 2.59. The van der Waals surface area contributed by atoms with E-state index in [1.54, 1.807) is 12.3 Å². The Morgan fingerprint density at radius 1 is 1.67 bits per heavy atom. The molecule has 1 aliphatic rings. The lowest BCUT2D eigenvalue weighted by molar-refractivity contribution is -0.120. The van der Waals surface area contributed by atoms with Crippen molar-refractivity contribution in [3.05, 3.63) is 33.7 Å². The Labute approximate surface area is 87.5 Å². The minimum absolute atomic E-state index is 0.164. The van der Waals surface area contributed by atoms with Crippen molar-refractivity contribution >= 4 is 5.91 Å². The molecular formula is C11H14N2O2. The average molecular weight is 206 g/mol. The van der Waals surface area contributed by atoms with Crippen LogP contribution in [0.3, 0.4) is 0 Å². The van der Waals surface area contributed by atoms with E-state index in [-0.39, 0.29) is 11.5 Å². The van der Waals surface area contributed by atoms with Crippen LogP contribution < -0.4 is 11.3 Å². The summed E-state index contributed by atoms with van der Waals surface area (Å²) in [4.78, 5) is 25.8. The van der Waals surface area contributed by atoms with Crippen molar-refractivity contribution in [2.24, 2.45) is 11.7 Å². The second kappa shape index (κ2) is 2.95. The fourth-order valence-electron chi connectivity index (χ4n) is 2.37. The molecule has 1 aromatic rings. The van der Waals surface area contributed by atoms with Gasteiger partial charge in [0.2, 0.25) is 5.91 Å². The van der Waals surface area contributed by atoms with Crippen LogP contribution in [0.4, 0.5) is 0 Å². The molecule has 1 amide bonds. The number of carbonyl (C=O) groups excluding carboxylic acids is 1. The van der Waals surface area contributed by atoms with Gasteiger partial charge in [-0.05, 0) is 30.9 Å². The molecule has 80 valence electrons. The number of aromatic amines is 1. The first-order valence-electron chi connectivity index (χ1n) is 4.99. The molecule has 4 heteroatoms. The standard InChI is InChI=1S/C11H14N2O2/c1-6-3-4-13-9(14)8(6)11(10(12)15)5-7(11)2/h3-4,7H,5H2,1-2H3,(H2,12,15)(H,13,14). The first kappa shape index (κ1) is 9.96. The van der Waals surface area contributed by atoms with Gasteiger partial charge in [0.15, 0.2) is 0 Å². The maximum Gasteiger partial charge on any atom is 0.252 e. The molecule has 2 rings (SSSR count). The minimum Gasteiger partial charge on any atom is -0.369 e. The van der Waals surface area contributed by atoms with Gasteiger partial charge in [0.1, 0.15) is 0 Å². The normalized spacial score (nSPS) is 28.8. The van der Waals surface area contributed by atoms with Crippen molar-refractivity contribution in [2.45, 2.75) is 25.7 Å². The molecule has 0 spiro atoms. The van der Waals surface area contributed by atoms with Gasteiger partial charge in [-0.25, -0.2) is 0 Å². The van der Waals surface area contributed by atoms with Gasteiger partial charge in [-0.3, -0.25) is 9.59 Å². The fraction of sp³-hybridized carbons (Fsp3) is 0.455. The van der Waals surface area contributed by atoms with Gasteiger partial charge in [0.05, 0.1) is 5.41 Å². The topological polar surface area (TPSA) is 75.9 Å². The molecule has 3 N–H and O–H groups in total. The van der Waals surface area contributed by atoms with Crippen LogP contribution in [0, 0.1) is 12.8 Å². The van der Waals surface area contributed by atoms with Crippen molar-refractivity contribution in [1.82, 2.24) is 4.98 Å². The molecule has 1 aromatic heterocycles. The van der Waals surface area contributed by atoms with Gasteiger partial charge in [0, 0.05) is 11.8 Å². The molecule has 2 unspecified atom stereocenters. The smallest absolute Gasteiger partial charge is 0.252 e. The van der Waals surface area contributed by atoms with Crippen LogP contribution in [0.5, 0.6) is 0 Å². The van der Waals surface area contributed by atoms with Gasteiger partial charge in [-0.1, -0.05) is 6.92 Å². The summed E-state index contributed by atoms with van der Waals surface area (Å²) < 4.78 is 0. The SMILES string of the molecule is Cc1cc[nH]c(=O)c1C1(C(N)=O)CC1C. The number of hydrogen-bond donors (Lipinski definition) is 2. The van der Waals surface area contributed by atoms with E-state index in [0.29, 0.717) is 12.0 Å². The third-order valence-corrected chi connectivity index (χ3v) is 3.36. The lowest BCUT2D eigenvalue weighted by Gasteiger charge is -2.14. The number of hydrogen-bond acceptors (Lipinski definition) is 2. The molecule has 0 saturated heterocycles. The van der Waals surface area contributed by atoms with Crippen LogP contribution in [0.25, 0.3) is 0 Å². The van der Waals surface area contributed by atoms with Gasteiger partial charge in [-0.2, -0.15) is 0 Å². The number of nitrogens with two attached hydrogens (primary N) is 1. The van der Waals surface area contributed by atoms with E-state index >= 15 is 0 Å². The summed E-state index contributed by atoms with van der Waals surface area (Å²) >= 11 is 0. The highest BCUT2D eigenvalue weighted by Crippen LogP contribution is 2.53. The van der Waals surface area contributed by atoms with Gasteiger partial charge < -0.3 is 10.7 Å². The third kappa shape index (κ3) is 1.21. The zero-order valence-corrected chi connectivity index (χ0v) is 8.83. The molecule has 0 radical (unpaired) electrons. The molecule has 0 aromatic carbocycles. The van der Waals surface area contributed by atoms with Crippen LogP contribution in [0.15, 0.2) is 17.1 Å². The van der Waals surface area contributed by atoms with Crippen LogP contribution in [0.1, 0.15) is 24.5 Å². The second-order valence-electron chi connectivity index (χ2n) is 4.31. The second-order valence-corrected chi connectivity index (χ2v) is 4.31. The van der Waals surface area contributed by atoms with E-state index in [9.17, 15) is 9.59 Å². The van der Waals surface area contributed by atoms with Crippen molar-refractivity contribution in [2.75, 3.05) is 0 Å². The lowest BCUT2D eigenvalue weighted by atomic mass is 9.90. The monoisotopic (exact) mass is 206 g/mol. The first-order chi connectivity index (χ1) is 7.00. The molecular weight excluding hydrogens is 192 g/mol. The molecule has 0 bridgehead atoms. The van der Waals surface area contributed by atoms with E-state index in [1.165, 1.54) is 0 Å². The van der Waals surface area contributed by atoms with E-state index in [1.807, 2.05) is 13.8 Å². The third-order valence-electron chi connectivity index (χ3n) is 3.36. The van der Waals surface area contributed by atoms with Gasteiger partial charge in [-0.15, -0.1) is 0 Å². The molecule has 0 aliphatic heterocycles. The molecule has 2 atom stereocenters. The molecule has 4 nitrogen and oxygen atoms in total. The van der Waals surface area contributed by atoms with E-state index in [2.05, 4.69) is 4.98 Å². The van der Waals surface area contributed by atoms with Gasteiger partial charge in [0.25, 0.3) is 5.56 Å². The molecule has 15 heavy (non-hydrogen) atoms. The van der Waals surface area contributed by atoms with Crippen LogP contribution in [-0.2, 0) is 10.2 Å². The maximum absolute atomic E-state index is 11.7. The zero-order chi connectivity index (χ0) is 11.2. The first-order valence-corrected chi connectivity index (χ1v) is 4.99. The van der Waals surface area contributed by atoms with E-state index in [4.69, 9.17) is 5.73 Å². The average Bonchev–Trinajstić information content (AvgIpc) is 2.78. The highest BCUT2D eigenvalue weighted by molar-refractivity contribution is 5.90. The number of aromatic nitrogens is 1. The molecule has 1 saturated carbocycles. The zero-order valence-electron chi connectivity index (χ0n) is 8.83.